The van der Waals surface area contributed by atoms with Crippen molar-refractivity contribution >= 4 is 32.6 Å². The minimum atomic E-state index is -0.477. The van der Waals surface area contributed by atoms with Crippen molar-refractivity contribution in [3.63, 3.8) is 0 Å². The molecular weight excluding hydrogens is 498 g/mol. The molecule has 0 atom stereocenters. The van der Waals surface area contributed by atoms with Gasteiger partial charge >= 0.3 is 0 Å². The summed E-state index contributed by atoms with van der Waals surface area (Å²) in [7, 11) is 1.66. The number of morpholine rings is 1. The normalized spacial score (nSPS) is 15.5. The van der Waals surface area contributed by atoms with Gasteiger partial charge in [0.05, 0.1) is 30.9 Å². The number of thiazole rings is 1. The molecule has 8 heteroatoms. The third kappa shape index (κ3) is 4.64. The summed E-state index contributed by atoms with van der Waals surface area (Å²) in [5.41, 5.74) is 3.67. The molecule has 1 saturated heterocycles. The van der Waals surface area contributed by atoms with Crippen LogP contribution < -0.4 is 14.4 Å². The maximum Gasteiger partial charge on any atom is 0.241 e. The van der Waals surface area contributed by atoms with Gasteiger partial charge in [-0.2, -0.15) is 0 Å². The van der Waals surface area contributed by atoms with Gasteiger partial charge in [0.25, 0.3) is 0 Å². The Morgan fingerprint density at radius 2 is 1.74 bits per heavy atom. The van der Waals surface area contributed by atoms with Crippen molar-refractivity contribution < 1.29 is 19.0 Å². The lowest BCUT2D eigenvalue weighted by Crippen LogP contribution is -2.40. The fourth-order valence-corrected chi connectivity index (χ4v) is 6.37. The van der Waals surface area contributed by atoms with Gasteiger partial charge < -0.3 is 14.2 Å². The van der Waals surface area contributed by atoms with Crippen molar-refractivity contribution in [1.82, 2.24) is 9.88 Å². The van der Waals surface area contributed by atoms with E-state index in [9.17, 15) is 4.79 Å². The quantitative estimate of drug-likeness (QED) is 0.310. The molecule has 0 unspecified atom stereocenters. The van der Waals surface area contributed by atoms with Crippen LogP contribution in [-0.4, -0.2) is 62.3 Å². The predicted octanol–water partition coefficient (Wildman–Crippen LogP) is 5.61. The van der Waals surface area contributed by atoms with Crippen molar-refractivity contribution in [1.29, 1.82) is 0 Å². The molecule has 6 rings (SSSR count). The molecule has 3 heterocycles. The van der Waals surface area contributed by atoms with Crippen molar-refractivity contribution in [3.05, 3.63) is 77.4 Å². The van der Waals surface area contributed by atoms with Crippen LogP contribution in [0.1, 0.15) is 29.0 Å². The number of hydrogen-bond acceptors (Lipinski definition) is 7. The average molecular weight is 530 g/mol. The molecule has 1 amide bonds. The van der Waals surface area contributed by atoms with Gasteiger partial charge in [0.15, 0.2) is 5.13 Å². The fourth-order valence-electron chi connectivity index (χ4n) is 5.29. The van der Waals surface area contributed by atoms with Gasteiger partial charge in [0.1, 0.15) is 22.8 Å². The van der Waals surface area contributed by atoms with Gasteiger partial charge in [-0.05, 0) is 37.1 Å². The standard InChI is InChI=1S/C30H31N3O4S/c1-20-12-13-25(35-2)27-28(20)38-30(31-27)33(15-7-14-32-16-18-36-19-17-32)29(34)26-21-8-3-5-10-23(21)37-24-11-6-4-9-22(24)26/h3-6,8-13,26H,7,14-19H2,1-2H3. The molecule has 0 saturated carbocycles. The SMILES string of the molecule is COc1ccc(C)c2sc(N(CCCN3CCOCC3)C(=O)C3c4ccccc4Oc4ccccc43)nc12. The van der Waals surface area contributed by atoms with Crippen LogP contribution in [0.2, 0.25) is 0 Å². The molecular formula is C30H31N3O4S. The number of anilines is 1. The molecule has 2 aliphatic heterocycles. The molecule has 0 radical (unpaired) electrons. The molecule has 4 aromatic rings. The Labute approximate surface area is 226 Å². The number of benzene rings is 3. The number of ether oxygens (including phenoxy) is 3. The topological polar surface area (TPSA) is 64.1 Å². The highest BCUT2D eigenvalue weighted by atomic mass is 32.1. The van der Waals surface area contributed by atoms with Gasteiger partial charge in [0, 0.05) is 37.3 Å². The smallest absolute Gasteiger partial charge is 0.241 e. The lowest BCUT2D eigenvalue weighted by Gasteiger charge is -2.32. The number of amides is 1. The fraction of sp³-hybridized carbons (Fsp3) is 0.333. The van der Waals surface area contributed by atoms with Gasteiger partial charge in [0.2, 0.25) is 5.91 Å². The van der Waals surface area contributed by atoms with Crippen LogP contribution in [0, 0.1) is 6.92 Å². The Morgan fingerprint density at radius 1 is 1.05 bits per heavy atom. The summed E-state index contributed by atoms with van der Waals surface area (Å²) in [5, 5.41) is 0.695. The maximum absolute atomic E-state index is 14.6. The zero-order chi connectivity index (χ0) is 26.1. The van der Waals surface area contributed by atoms with E-state index in [0.29, 0.717) is 11.7 Å². The molecule has 38 heavy (non-hydrogen) atoms. The van der Waals surface area contributed by atoms with Gasteiger partial charge in [-0.1, -0.05) is 53.8 Å². The first kappa shape index (κ1) is 24.9. The Morgan fingerprint density at radius 3 is 2.42 bits per heavy atom. The molecule has 2 aliphatic rings. The molecule has 1 aromatic heterocycles. The minimum absolute atomic E-state index is 0.00542. The number of rotatable bonds is 7. The molecule has 0 spiro atoms. The number of aromatic nitrogens is 1. The monoisotopic (exact) mass is 529 g/mol. The van der Waals surface area contributed by atoms with Crippen LogP contribution in [0.15, 0.2) is 60.7 Å². The third-order valence-corrected chi connectivity index (χ3v) is 8.51. The number of fused-ring (bicyclic) bond motifs is 3. The number of carbonyl (C=O) groups is 1. The predicted molar refractivity (Wildman–Crippen MR) is 150 cm³/mol. The van der Waals surface area contributed by atoms with E-state index in [1.807, 2.05) is 65.6 Å². The summed E-state index contributed by atoms with van der Waals surface area (Å²) in [6.45, 7) is 6.91. The second kappa shape index (κ2) is 10.7. The highest BCUT2D eigenvalue weighted by Gasteiger charge is 2.36. The van der Waals surface area contributed by atoms with Crippen molar-refractivity contribution in [2.24, 2.45) is 0 Å². The Balaban J connectivity index is 1.40. The number of para-hydroxylation sites is 2. The first-order valence-corrected chi connectivity index (χ1v) is 13.9. The van der Waals surface area contributed by atoms with Crippen LogP contribution >= 0.6 is 11.3 Å². The zero-order valence-corrected chi connectivity index (χ0v) is 22.5. The average Bonchev–Trinajstić information content (AvgIpc) is 3.40. The Hall–Kier alpha value is -3.46. The highest BCUT2D eigenvalue weighted by Crippen LogP contribution is 2.46. The lowest BCUT2D eigenvalue weighted by atomic mass is 9.87. The van der Waals surface area contributed by atoms with Crippen LogP contribution in [0.5, 0.6) is 17.2 Å². The third-order valence-electron chi connectivity index (χ3n) is 7.30. The number of methoxy groups -OCH3 is 1. The summed E-state index contributed by atoms with van der Waals surface area (Å²) >= 11 is 1.55. The first-order chi connectivity index (χ1) is 18.6. The van der Waals surface area contributed by atoms with E-state index in [0.717, 1.165) is 83.4 Å². The van der Waals surface area contributed by atoms with E-state index in [4.69, 9.17) is 19.2 Å². The number of aryl methyl sites for hydroxylation is 1. The van der Waals surface area contributed by atoms with Crippen LogP contribution in [-0.2, 0) is 9.53 Å². The van der Waals surface area contributed by atoms with Gasteiger partial charge in [-0.15, -0.1) is 0 Å². The molecule has 0 N–H and O–H groups in total. The van der Waals surface area contributed by atoms with Crippen molar-refractivity contribution in [3.8, 4) is 17.2 Å². The molecule has 3 aromatic carbocycles. The Kier molecular flexibility index (Phi) is 7.02. The highest BCUT2D eigenvalue weighted by molar-refractivity contribution is 7.22. The van der Waals surface area contributed by atoms with Crippen molar-refractivity contribution in [2.75, 3.05) is 51.4 Å². The first-order valence-electron chi connectivity index (χ1n) is 13.1. The zero-order valence-electron chi connectivity index (χ0n) is 21.7. The van der Waals surface area contributed by atoms with Crippen LogP contribution in [0.25, 0.3) is 10.2 Å². The maximum atomic E-state index is 14.6. The molecule has 7 nitrogen and oxygen atoms in total. The molecule has 0 bridgehead atoms. The summed E-state index contributed by atoms with van der Waals surface area (Å²) in [6, 6.07) is 19.6. The largest absolute Gasteiger partial charge is 0.494 e. The molecule has 196 valence electrons. The van der Waals surface area contributed by atoms with Crippen molar-refractivity contribution in [2.45, 2.75) is 19.3 Å². The summed E-state index contributed by atoms with van der Waals surface area (Å²) < 4.78 is 18.3. The molecule has 1 fully saturated rings. The Bertz CT molecular complexity index is 1420. The van der Waals surface area contributed by atoms with Crippen LogP contribution in [0.4, 0.5) is 5.13 Å². The van der Waals surface area contributed by atoms with E-state index >= 15 is 0 Å². The van der Waals surface area contributed by atoms with E-state index in [-0.39, 0.29) is 5.91 Å². The second-order valence-corrected chi connectivity index (χ2v) is 10.6. The second-order valence-electron chi connectivity index (χ2n) is 9.67. The van der Waals surface area contributed by atoms with E-state index in [1.54, 1.807) is 18.4 Å². The van der Waals surface area contributed by atoms with E-state index in [2.05, 4.69) is 11.8 Å². The number of nitrogens with zero attached hydrogens (tertiary/aromatic N) is 3. The van der Waals surface area contributed by atoms with E-state index < -0.39 is 5.92 Å². The number of carbonyl (C=O) groups excluding carboxylic acids is 1. The van der Waals surface area contributed by atoms with Gasteiger partial charge in [-0.25, -0.2) is 4.98 Å². The molecule has 0 aliphatic carbocycles. The summed E-state index contributed by atoms with van der Waals surface area (Å²) in [5.74, 6) is 1.69. The lowest BCUT2D eigenvalue weighted by molar-refractivity contribution is -0.119. The van der Waals surface area contributed by atoms with Crippen LogP contribution in [0.3, 0.4) is 0 Å². The minimum Gasteiger partial charge on any atom is -0.494 e. The summed E-state index contributed by atoms with van der Waals surface area (Å²) in [6.07, 6.45) is 0.838. The number of hydrogen-bond donors (Lipinski definition) is 0. The van der Waals surface area contributed by atoms with Gasteiger partial charge in [-0.3, -0.25) is 14.6 Å². The summed E-state index contributed by atoms with van der Waals surface area (Å²) in [4.78, 5) is 23.8. The van der Waals surface area contributed by atoms with E-state index in [1.165, 1.54) is 0 Å².